The SMILES string of the molecule is CC(C)c1cc(C(=O)N[C@@H](Cc2ccccn2)C2CC(O)C2)cs1. The lowest BCUT2D eigenvalue weighted by Crippen LogP contribution is -2.48. The summed E-state index contributed by atoms with van der Waals surface area (Å²) < 4.78 is 0. The number of thiophene rings is 1. The van der Waals surface area contributed by atoms with Gasteiger partial charge >= 0.3 is 0 Å². The van der Waals surface area contributed by atoms with Crippen LogP contribution in [0.25, 0.3) is 0 Å². The summed E-state index contributed by atoms with van der Waals surface area (Å²) in [5.41, 5.74) is 1.70. The normalized spacial score (nSPS) is 21.3. The number of hydrogen-bond donors (Lipinski definition) is 2. The quantitative estimate of drug-likeness (QED) is 0.844. The highest BCUT2D eigenvalue weighted by Crippen LogP contribution is 2.32. The van der Waals surface area contributed by atoms with E-state index in [1.165, 1.54) is 4.88 Å². The Labute approximate surface area is 146 Å². The van der Waals surface area contributed by atoms with Crippen LogP contribution in [0.4, 0.5) is 0 Å². The summed E-state index contributed by atoms with van der Waals surface area (Å²) in [6, 6.07) is 7.83. The Morgan fingerprint density at radius 2 is 2.21 bits per heavy atom. The van der Waals surface area contributed by atoms with Crippen LogP contribution in [0.3, 0.4) is 0 Å². The molecule has 0 bridgehead atoms. The number of amides is 1. The number of aliphatic hydroxyl groups is 1. The summed E-state index contributed by atoms with van der Waals surface area (Å²) in [5, 5.41) is 14.7. The minimum Gasteiger partial charge on any atom is -0.393 e. The monoisotopic (exact) mass is 344 g/mol. The fourth-order valence-corrected chi connectivity index (χ4v) is 3.97. The van der Waals surface area contributed by atoms with Gasteiger partial charge < -0.3 is 10.4 Å². The average Bonchev–Trinajstić information content (AvgIpc) is 3.02. The van der Waals surface area contributed by atoms with Gasteiger partial charge in [0, 0.05) is 34.6 Å². The molecule has 0 aromatic carbocycles. The average molecular weight is 344 g/mol. The molecule has 0 aliphatic heterocycles. The molecule has 1 saturated carbocycles. The van der Waals surface area contributed by atoms with E-state index in [-0.39, 0.29) is 18.1 Å². The van der Waals surface area contributed by atoms with Gasteiger partial charge in [-0.1, -0.05) is 19.9 Å². The second-order valence-corrected chi connectivity index (χ2v) is 7.83. The van der Waals surface area contributed by atoms with E-state index in [0.717, 1.165) is 24.1 Å². The molecule has 1 aliphatic carbocycles. The number of aliphatic hydroxyl groups excluding tert-OH is 1. The number of carbonyl (C=O) groups is 1. The Hall–Kier alpha value is -1.72. The third-order valence-corrected chi connectivity index (χ3v) is 5.87. The molecule has 4 nitrogen and oxygen atoms in total. The Balaban J connectivity index is 1.69. The van der Waals surface area contributed by atoms with Crippen LogP contribution < -0.4 is 5.32 Å². The molecule has 1 fully saturated rings. The first-order chi connectivity index (χ1) is 11.5. The minimum absolute atomic E-state index is 0.0122. The molecule has 1 atom stereocenters. The number of hydrogen-bond acceptors (Lipinski definition) is 4. The van der Waals surface area contributed by atoms with Crippen molar-refractivity contribution in [1.82, 2.24) is 10.3 Å². The van der Waals surface area contributed by atoms with Crippen molar-refractivity contribution < 1.29 is 9.90 Å². The minimum atomic E-state index is -0.230. The van der Waals surface area contributed by atoms with Crippen LogP contribution >= 0.6 is 11.3 Å². The molecule has 0 radical (unpaired) electrons. The van der Waals surface area contributed by atoms with Crippen molar-refractivity contribution in [3.05, 3.63) is 52.0 Å². The van der Waals surface area contributed by atoms with E-state index in [1.54, 1.807) is 17.5 Å². The van der Waals surface area contributed by atoms with Gasteiger partial charge in [0.15, 0.2) is 0 Å². The maximum atomic E-state index is 12.6. The molecular weight excluding hydrogens is 320 g/mol. The van der Waals surface area contributed by atoms with Crippen molar-refractivity contribution in [3.8, 4) is 0 Å². The molecule has 128 valence electrons. The first kappa shape index (κ1) is 17.1. The highest BCUT2D eigenvalue weighted by atomic mass is 32.1. The molecule has 1 amide bonds. The van der Waals surface area contributed by atoms with E-state index < -0.39 is 0 Å². The molecule has 2 aromatic rings. The van der Waals surface area contributed by atoms with Gasteiger partial charge in [-0.3, -0.25) is 9.78 Å². The van der Waals surface area contributed by atoms with Crippen LogP contribution in [-0.4, -0.2) is 28.1 Å². The number of carbonyl (C=O) groups excluding carboxylic acids is 1. The van der Waals surface area contributed by atoms with Gasteiger partial charge in [-0.25, -0.2) is 0 Å². The van der Waals surface area contributed by atoms with Crippen LogP contribution in [0.5, 0.6) is 0 Å². The van der Waals surface area contributed by atoms with Crippen LogP contribution in [0.15, 0.2) is 35.8 Å². The van der Waals surface area contributed by atoms with Crippen molar-refractivity contribution >= 4 is 17.2 Å². The lowest BCUT2D eigenvalue weighted by atomic mass is 9.76. The molecule has 2 aromatic heterocycles. The Kier molecular flexibility index (Phi) is 5.31. The summed E-state index contributed by atoms with van der Waals surface area (Å²) in [6.45, 7) is 4.26. The highest BCUT2D eigenvalue weighted by Gasteiger charge is 2.35. The first-order valence-electron chi connectivity index (χ1n) is 8.50. The van der Waals surface area contributed by atoms with Crippen molar-refractivity contribution in [2.75, 3.05) is 0 Å². The molecule has 0 unspecified atom stereocenters. The first-order valence-corrected chi connectivity index (χ1v) is 9.38. The molecule has 0 saturated heterocycles. The smallest absolute Gasteiger partial charge is 0.252 e. The van der Waals surface area contributed by atoms with Gasteiger partial charge in [0.05, 0.1) is 11.7 Å². The molecule has 24 heavy (non-hydrogen) atoms. The van der Waals surface area contributed by atoms with Crippen LogP contribution in [0, 0.1) is 5.92 Å². The molecular formula is C19H24N2O2S. The largest absolute Gasteiger partial charge is 0.393 e. The van der Waals surface area contributed by atoms with Crippen LogP contribution in [0.1, 0.15) is 53.5 Å². The Morgan fingerprint density at radius 3 is 2.79 bits per heavy atom. The second kappa shape index (κ2) is 7.45. The number of nitrogens with one attached hydrogen (secondary N) is 1. The molecule has 3 rings (SSSR count). The van der Waals surface area contributed by atoms with Gasteiger partial charge in [0.1, 0.15) is 0 Å². The predicted octanol–water partition coefficient (Wildman–Crippen LogP) is 3.38. The standard InChI is InChI=1S/C19H24N2O2S/c1-12(2)18-9-14(11-24-18)19(23)21-17(13-7-16(22)8-13)10-15-5-3-4-6-20-15/h3-6,9,11-13,16-17,22H,7-8,10H2,1-2H3,(H,21,23)/t13?,16?,17-/m0/s1. The van der Waals surface area contributed by atoms with Crippen LogP contribution in [-0.2, 0) is 6.42 Å². The topological polar surface area (TPSA) is 62.2 Å². The molecule has 5 heteroatoms. The van der Waals surface area contributed by atoms with Gasteiger partial charge in [-0.15, -0.1) is 11.3 Å². The van der Waals surface area contributed by atoms with Gasteiger partial charge in [0.25, 0.3) is 5.91 Å². The predicted molar refractivity (Wildman–Crippen MR) is 96.3 cm³/mol. The van der Waals surface area contributed by atoms with E-state index in [4.69, 9.17) is 0 Å². The number of aromatic nitrogens is 1. The zero-order valence-corrected chi connectivity index (χ0v) is 14.9. The summed E-state index contributed by atoms with van der Waals surface area (Å²) in [6.07, 6.45) is 3.74. The molecule has 2 N–H and O–H groups in total. The Bertz CT molecular complexity index is 678. The van der Waals surface area contributed by atoms with E-state index >= 15 is 0 Å². The van der Waals surface area contributed by atoms with Gasteiger partial charge in [0.2, 0.25) is 0 Å². The zero-order chi connectivity index (χ0) is 17.1. The van der Waals surface area contributed by atoms with Crippen molar-refractivity contribution in [2.24, 2.45) is 5.92 Å². The van der Waals surface area contributed by atoms with Crippen molar-refractivity contribution in [2.45, 2.75) is 51.2 Å². The number of nitrogens with zero attached hydrogens (tertiary/aromatic N) is 1. The fourth-order valence-electron chi connectivity index (χ4n) is 3.06. The summed E-state index contributed by atoms with van der Waals surface area (Å²) in [4.78, 5) is 18.2. The molecule has 0 spiro atoms. The van der Waals surface area contributed by atoms with E-state index in [9.17, 15) is 9.90 Å². The van der Waals surface area contributed by atoms with Crippen molar-refractivity contribution in [1.29, 1.82) is 0 Å². The van der Waals surface area contributed by atoms with E-state index in [0.29, 0.717) is 18.3 Å². The van der Waals surface area contributed by atoms with Gasteiger partial charge in [-0.2, -0.15) is 0 Å². The lowest BCUT2D eigenvalue weighted by molar-refractivity contribution is 0.0238. The second-order valence-electron chi connectivity index (χ2n) is 6.88. The maximum absolute atomic E-state index is 12.6. The highest BCUT2D eigenvalue weighted by molar-refractivity contribution is 7.10. The number of pyridine rings is 1. The number of rotatable bonds is 6. The third kappa shape index (κ3) is 4.02. The fraction of sp³-hybridized carbons (Fsp3) is 0.474. The molecule has 2 heterocycles. The van der Waals surface area contributed by atoms with Gasteiger partial charge in [-0.05, 0) is 42.9 Å². The Morgan fingerprint density at radius 1 is 1.42 bits per heavy atom. The summed E-state index contributed by atoms with van der Waals surface area (Å²) in [5.74, 6) is 0.720. The van der Waals surface area contributed by atoms with E-state index in [2.05, 4.69) is 24.1 Å². The summed E-state index contributed by atoms with van der Waals surface area (Å²) >= 11 is 1.63. The molecule has 1 aliphatic rings. The maximum Gasteiger partial charge on any atom is 0.252 e. The zero-order valence-electron chi connectivity index (χ0n) is 14.1. The summed E-state index contributed by atoms with van der Waals surface area (Å²) in [7, 11) is 0. The lowest BCUT2D eigenvalue weighted by Gasteiger charge is -2.38. The third-order valence-electron chi connectivity index (χ3n) is 4.64. The van der Waals surface area contributed by atoms with E-state index in [1.807, 2.05) is 29.6 Å². The van der Waals surface area contributed by atoms with Crippen molar-refractivity contribution in [3.63, 3.8) is 0 Å². The van der Waals surface area contributed by atoms with Crippen LogP contribution in [0.2, 0.25) is 0 Å².